The number of nitrogens with zero attached hydrogens (tertiary/aromatic N) is 2. The average Bonchev–Trinajstić information content (AvgIpc) is 3.04. The van der Waals surface area contributed by atoms with Crippen LogP contribution >= 0.6 is 0 Å². The van der Waals surface area contributed by atoms with Gasteiger partial charge in [0.1, 0.15) is 5.78 Å². The number of benzene rings is 1. The Balaban J connectivity index is 1.83. The van der Waals surface area contributed by atoms with Crippen LogP contribution in [-0.2, 0) is 11.2 Å². The number of aliphatic hydroxyl groups is 1. The zero-order valence-electron chi connectivity index (χ0n) is 18.5. The summed E-state index contributed by atoms with van der Waals surface area (Å²) in [5.41, 5.74) is 3.66. The molecule has 3 rings (SSSR count). The highest BCUT2D eigenvalue weighted by molar-refractivity contribution is 5.84. The van der Waals surface area contributed by atoms with Crippen molar-refractivity contribution < 1.29 is 23.1 Å². The van der Waals surface area contributed by atoms with E-state index in [9.17, 15) is 23.1 Å². The van der Waals surface area contributed by atoms with Crippen molar-refractivity contribution in [1.29, 1.82) is 0 Å². The van der Waals surface area contributed by atoms with Gasteiger partial charge in [-0.2, -0.15) is 18.3 Å². The number of Topliss-reactive ketones (excluding diaryl/α,β-unsaturated/α-hetero) is 1. The Morgan fingerprint density at radius 2 is 1.84 bits per heavy atom. The fourth-order valence-electron chi connectivity index (χ4n) is 3.64. The smallest absolute Gasteiger partial charge is 0.380 e. The number of carbonyl (C=O) groups excluding carboxylic acids is 1. The quantitative estimate of drug-likeness (QED) is 0.468. The minimum absolute atomic E-state index is 0.0623. The van der Waals surface area contributed by atoms with Gasteiger partial charge in [-0.05, 0) is 62.4 Å². The van der Waals surface area contributed by atoms with Crippen LogP contribution in [0, 0.1) is 6.92 Å². The molecule has 1 atom stereocenters. The van der Waals surface area contributed by atoms with Crippen molar-refractivity contribution in [3.63, 3.8) is 0 Å². The van der Waals surface area contributed by atoms with Gasteiger partial charge >= 0.3 is 6.18 Å². The molecule has 0 unspecified atom stereocenters. The Kier molecular flexibility index (Phi) is 6.60. The van der Waals surface area contributed by atoms with E-state index < -0.39 is 24.0 Å². The summed E-state index contributed by atoms with van der Waals surface area (Å²) >= 11 is 0. The molecule has 1 aromatic carbocycles. The molecule has 0 radical (unpaired) electrons. The van der Waals surface area contributed by atoms with Crippen LogP contribution in [0.5, 0.6) is 0 Å². The predicted octanol–water partition coefficient (Wildman–Crippen LogP) is 5.94. The first-order valence-electron chi connectivity index (χ1n) is 10.4. The van der Waals surface area contributed by atoms with Gasteiger partial charge in [0, 0.05) is 24.6 Å². The number of fused-ring (bicyclic) bond motifs is 1. The van der Waals surface area contributed by atoms with E-state index in [4.69, 9.17) is 0 Å². The number of alkyl halides is 3. The lowest BCUT2D eigenvalue weighted by Crippen LogP contribution is -2.43. The number of hydrogen-bond acceptors (Lipinski definition) is 3. The first kappa shape index (κ1) is 23.7. The number of pyridine rings is 1. The van der Waals surface area contributed by atoms with Crippen LogP contribution in [0.4, 0.5) is 13.2 Å². The Hall–Kier alpha value is -2.93. The molecule has 0 saturated carbocycles. The van der Waals surface area contributed by atoms with Crippen molar-refractivity contribution in [2.45, 2.75) is 58.2 Å². The third-order valence-electron chi connectivity index (χ3n) is 5.55. The fraction of sp³-hybridized carbons (Fsp3) is 0.360. The number of ketones is 1. The maximum atomic E-state index is 12.8. The molecule has 0 spiro atoms. The van der Waals surface area contributed by atoms with E-state index in [0.29, 0.717) is 19.8 Å². The van der Waals surface area contributed by atoms with E-state index in [1.54, 1.807) is 4.52 Å². The number of rotatable bonds is 8. The van der Waals surface area contributed by atoms with Gasteiger partial charge in [-0.15, -0.1) is 0 Å². The van der Waals surface area contributed by atoms with E-state index in [2.05, 4.69) is 11.7 Å². The molecule has 0 aliphatic carbocycles. The summed E-state index contributed by atoms with van der Waals surface area (Å²) in [6.07, 6.45) is -3.22. The molecule has 0 bridgehead atoms. The summed E-state index contributed by atoms with van der Waals surface area (Å²) in [7, 11) is 0. The van der Waals surface area contributed by atoms with Gasteiger partial charge in [0.15, 0.2) is 5.60 Å². The Bertz CT molecular complexity index is 1140. The monoisotopic (exact) mass is 444 g/mol. The molecule has 170 valence electrons. The van der Waals surface area contributed by atoms with Gasteiger partial charge in [-0.1, -0.05) is 36.4 Å². The Morgan fingerprint density at radius 3 is 2.44 bits per heavy atom. The van der Waals surface area contributed by atoms with Crippen LogP contribution in [0.25, 0.3) is 22.2 Å². The highest BCUT2D eigenvalue weighted by atomic mass is 19.4. The maximum Gasteiger partial charge on any atom is 0.417 e. The lowest BCUT2D eigenvalue weighted by molar-refractivity contribution is -0.253. The molecule has 4 nitrogen and oxygen atoms in total. The van der Waals surface area contributed by atoms with Crippen molar-refractivity contribution in [3.05, 3.63) is 66.0 Å². The second kappa shape index (κ2) is 8.90. The molecule has 7 heteroatoms. The summed E-state index contributed by atoms with van der Waals surface area (Å²) in [4.78, 5) is 12.1. The van der Waals surface area contributed by atoms with E-state index in [1.165, 1.54) is 0 Å². The first-order chi connectivity index (χ1) is 14.9. The van der Waals surface area contributed by atoms with Crippen LogP contribution in [0.1, 0.15) is 49.9 Å². The lowest BCUT2D eigenvalue weighted by Gasteiger charge is -2.25. The molecule has 2 aromatic heterocycles. The van der Waals surface area contributed by atoms with Crippen molar-refractivity contribution in [2.75, 3.05) is 0 Å². The molecule has 32 heavy (non-hydrogen) atoms. The van der Waals surface area contributed by atoms with Gasteiger partial charge in [0.05, 0.1) is 11.2 Å². The van der Waals surface area contributed by atoms with Crippen molar-refractivity contribution >= 4 is 16.9 Å². The molecule has 0 fully saturated rings. The summed E-state index contributed by atoms with van der Waals surface area (Å²) < 4.78 is 40.3. The summed E-state index contributed by atoms with van der Waals surface area (Å²) in [5.74, 6) is -0.626. The highest BCUT2D eigenvalue weighted by Gasteiger charge is 2.50. The van der Waals surface area contributed by atoms with Gasteiger partial charge < -0.3 is 5.11 Å². The largest absolute Gasteiger partial charge is 0.417 e. The van der Waals surface area contributed by atoms with Crippen LogP contribution in [-0.4, -0.2) is 32.3 Å². The van der Waals surface area contributed by atoms with Crippen LogP contribution in [0.2, 0.25) is 0 Å². The second-order valence-electron chi connectivity index (χ2n) is 8.55. The summed E-state index contributed by atoms with van der Waals surface area (Å²) in [5, 5.41) is 14.2. The van der Waals surface area contributed by atoms with Gasteiger partial charge in [0.2, 0.25) is 0 Å². The van der Waals surface area contributed by atoms with Gasteiger partial charge in [-0.3, -0.25) is 4.79 Å². The number of aromatic nitrogens is 2. The first-order valence-corrected chi connectivity index (χ1v) is 10.4. The zero-order valence-corrected chi connectivity index (χ0v) is 18.5. The number of carbonyl (C=O) groups is 1. The van der Waals surface area contributed by atoms with Crippen LogP contribution < -0.4 is 0 Å². The van der Waals surface area contributed by atoms with E-state index in [0.717, 1.165) is 39.0 Å². The Morgan fingerprint density at radius 1 is 1.19 bits per heavy atom. The number of hydrogen-bond donors (Lipinski definition) is 1. The second-order valence-corrected chi connectivity index (χ2v) is 8.55. The van der Waals surface area contributed by atoms with E-state index in [1.807, 2.05) is 56.4 Å². The molecule has 3 aromatic rings. The molecule has 1 N–H and O–H groups in total. The third kappa shape index (κ3) is 5.10. The normalized spacial score (nSPS) is 13.8. The van der Waals surface area contributed by atoms with Crippen molar-refractivity contribution in [1.82, 2.24) is 9.61 Å². The number of halogens is 3. The molecule has 0 aliphatic heterocycles. The molecular formula is C25H27F3N2O2. The number of aryl methyl sites for hydroxylation is 2. The van der Waals surface area contributed by atoms with E-state index >= 15 is 0 Å². The topological polar surface area (TPSA) is 54.6 Å². The van der Waals surface area contributed by atoms with Crippen LogP contribution in [0.15, 0.2) is 49.2 Å². The van der Waals surface area contributed by atoms with Gasteiger partial charge in [-0.25, -0.2) is 4.52 Å². The molecular weight excluding hydrogens is 417 g/mol. The summed E-state index contributed by atoms with van der Waals surface area (Å²) in [6.45, 7) is 8.51. The lowest BCUT2D eigenvalue weighted by atomic mass is 9.95. The minimum atomic E-state index is -4.84. The van der Waals surface area contributed by atoms with Crippen molar-refractivity contribution in [2.24, 2.45) is 0 Å². The maximum absolute atomic E-state index is 12.8. The standard InChI is InChI=1S/C25H27F3N2O2/c1-16(2)18-8-10-19(11-9-18)23-21(29-30-13-12-17(3)14-22(23)30)7-5-6-20(31)15-24(4,32)25(26,27)28/h8-14,32H,1,5-7,15H2,2-4H3/t24-/m1/s1. The number of allylic oxidation sites excluding steroid dienone is 1. The predicted molar refractivity (Wildman–Crippen MR) is 119 cm³/mol. The Labute approximate surface area is 185 Å². The minimum Gasteiger partial charge on any atom is -0.380 e. The molecule has 0 amide bonds. The SMILES string of the molecule is C=C(C)c1ccc(-c2c(CCCC(=O)C[C@@](C)(O)C(F)(F)F)nn3ccc(C)cc23)cc1. The van der Waals surface area contributed by atoms with Crippen molar-refractivity contribution in [3.8, 4) is 11.1 Å². The van der Waals surface area contributed by atoms with Crippen LogP contribution in [0.3, 0.4) is 0 Å². The highest BCUT2D eigenvalue weighted by Crippen LogP contribution is 2.34. The fourth-order valence-corrected chi connectivity index (χ4v) is 3.64. The molecule has 0 saturated heterocycles. The zero-order chi connectivity index (χ0) is 23.7. The summed E-state index contributed by atoms with van der Waals surface area (Å²) in [6, 6.07) is 12.0. The molecule has 0 aliphatic rings. The van der Waals surface area contributed by atoms with Gasteiger partial charge in [0.25, 0.3) is 0 Å². The van der Waals surface area contributed by atoms with E-state index in [-0.39, 0.29) is 6.42 Å². The average molecular weight is 444 g/mol. The third-order valence-corrected chi connectivity index (χ3v) is 5.55. The molecule has 2 heterocycles.